The molecule has 0 aliphatic heterocycles. The van der Waals surface area contributed by atoms with Crippen molar-refractivity contribution in [3.05, 3.63) is 41.3 Å². The summed E-state index contributed by atoms with van der Waals surface area (Å²) in [6.45, 7) is 0.325. The monoisotopic (exact) mass is 265 g/mol. The van der Waals surface area contributed by atoms with Crippen LogP contribution in [0.1, 0.15) is 11.3 Å². The van der Waals surface area contributed by atoms with Crippen LogP contribution in [0.3, 0.4) is 0 Å². The van der Waals surface area contributed by atoms with Crippen molar-refractivity contribution in [2.75, 3.05) is 19.5 Å². The van der Waals surface area contributed by atoms with Gasteiger partial charge in [-0.25, -0.2) is 9.07 Å². The Morgan fingerprint density at radius 1 is 1.42 bits per heavy atom. The number of aromatic nitrogens is 2. The predicted molar refractivity (Wildman–Crippen MR) is 69.5 cm³/mol. The molecular formula is C13H16FN3O2. The van der Waals surface area contributed by atoms with Gasteiger partial charge in [-0.3, -0.25) is 0 Å². The largest absolute Gasteiger partial charge is 0.494 e. The molecule has 0 spiro atoms. The number of ether oxygens (including phenoxy) is 1. The van der Waals surface area contributed by atoms with E-state index in [2.05, 4.69) is 5.10 Å². The van der Waals surface area contributed by atoms with Crippen molar-refractivity contribution in [3.8, 4) is 5.75 Å². The molecule has 0 aliphatic carbocycles. The minimum atomic E-state index is -0.400. The van der Waals surface area contributed by atoms with Crippen LogP contribution in [0.5, 0.6) is 5.75 Å². The molecule has 0 unspecified atom stereocenters. The first-order valence-corrected chi connectivity index (χ1v) is 5.89. The molecule has 1 aromatic carbocycles. The summed E-state index contributed by atoms with van der Waals surface area (Å²) in [4.78, 5) is 0. The lowest BCUT2D eigenvalue weighted by molar-refractivity contribution is 0.270. The highest BCUT2D eigenvalue weighted by molar-refractivity contribution is 5.35. The molecular weight excluding hydrogens is 249 g/mol. The molecule has 5 nitrogen and oxygen atoms in total. The lowest BCUT2D eigenvalue weighted by Gasteiger charge is -2.04. The number of rotatable bonds is 5. The zero-order valence-corrected chi connectivity index (χ0v) is 10.6. The van der Waals surface area contributed by atoms with Crippen LogP contribution in [0.15, 0.2) is 24.3 Å². The number of nitrogens with two attached hydrogens (primary N) is 1. The number of hydrogen-bond acceptors (Lipinski definition) is 4. The fourth-order valence-corrected chi connectivity index (χ4v) is 1.88. The number of nitrogen functional groups attached to an aromatic ring is 1. The van der Waals surface area contributed by atoms with E-state index in [0.29, 0.717) is 18.8 Å². The maximum atomic E-state index is 13.6. The first-order valence-electron chi connectivity index (χ1n) is 5.89. The van der Waals surface area contributed by atoms with Gasteiger partial charge in [0.05, 0.1) is 26.0 Å². The number of halogens is 1. The molecule has 0 saturated heterocycles. The van der Waals surface area contributed by atoms with Crippen LogP contribution in [0, 0.1) is 5.82 Å². The number of aliphatic hydroxyl groups is 1. The third-order valence-corrected chi connectivity index (χ3v) is 2.77. The van der Waals surface area contributed by atoms with Crippen molar-refractivity contribution in [2.24, 2.45) is 0 Å². The van der Waals surface area contributed by atoms with E-state index in [4.69, 9.17) is 15.6 Å². The van der Waals surface area contributed by atoms with Gasteiger partial charge >= 0.3 is 0 Å². The second-order valence-corrected chi connectivity index (χ2v) is 4.15. The van der Waals surface area contributed by atoms with Crippen molar-refractivity contribution in [3.63, 3.8) is 0 Å². The van der Waals surface area contributed by atoms with Gasteiger partial charge in [0, 0.05) is 12.5 Å². The SMILES string of the molecule is COc1ccc(Cc2cc(N)n(CCO)n2)cc1F. The summed E-state index contributed by atoms with van der Waals surface area (Å²) >= 11 is 0. The summed E-state index contributed by atoms with van der Waals surface area (Å²) < 4.78 is 19.9. The quantitative estimate of drug-likeness (QED) is 0.852. The summed E-state index contributed by atoms with van der Waals surface area (Å²) in [5, 5.41) is 13.1. The Balaban J connectivity index is 2.16. The highest BCUT2D eigenvalue weighted by Crippen LogP contribution is 2.20. The maximum absolute atomic E-state index is 13.6. The minimum absolute atomic E-state index is 0.0253. The summed E-state index contributed by atoms with van der Waals surface area (Å²) in [5.74, 6) is 0.301. The Bertz CT molecular complexity index is 569. The third-order valence-electron chi connectivity index (χ3n) is 2.77. The van der Waals surface area contributed by atoms with E-state index in [-0.39, 0.29) is 12.4 Å². The highest BCUT2D eigenvalue weighted by atomic mass is 19.1. The molecule has 3 N–H and O–H groups in total. The fraction of sp³-hybridized carbons (Fsp3) is 0.308. The Hall–Kier alpha value is -2.08. The van der Waals surface area contributed by atoms with Gasteiger partial charge in [-0.2, -0.15) is 5.10 Å². The van der Waals surface area contributed by atoms with E-state index in [1.807, 2.05) is 0 Å². The molecule has 2 rings (SSSR count). The van der Waals surface area contributed by atoms with Gasteiger partial charge in [0.25, 0.3) is 0 Å². The summed E-state index contributed by atoms with van der Waals surface area (Å²) in [6.07, 6.45) is 0.476. The topological polar surface area (TPSA) is 73.3 Å². The van der Waals surface area contributed by atoms with Crippen molar-refractivity contribution in [2.45, 2.75) is 13.0 Å². The van der Waals surface area contributed by atoms with Crippen LogP contribution in [0.2, 0.25) is 0 Å². The molecule has 0 fully saturated rings. The second-order valence-electron chi connectivity index (χ2n) is 4.15. The van der Waals surface area contributed by atoms with Crippen LogP contribution in [0.4, 0.5) is 10.2 Å². The van der Waals surface area contributed by atoms with Crippen LogP contribution in [-0.4, -0.2) is 28.6 Å². The van der Waals surface area contributed by atoms with Gasteiger partial charge in [-0.05, 0) is 17.7 Å². The standard InChI is InChI=1S/C13H16FN3O2/c1-19-12-3-2-9(7-11(12)14)6-10-8-13(15)17(16-10)4-5-18/h2-3,7-8,18H,4-6,15H2,1H3. The number of aliphatic hydroxyl groups excluding tert-OH is 1. The van der Waals surface area contributed by atoms with Crippen LogP contribution >= 0.6 is 0 Å². The molecule has 0 atom stereocenters. The summed E-state index contributed by atoms with van der Waals surface area (Å²) in [5.41, 5.74) is 7.27. The molecule has 2 aromatic rings. The summed E-state index contributed by atoms with van der Waals surface area (Å²) in [6, 6.07) is 6.50. The molecule has 0 amide bonds. The van der Waals surface area contributed by atoms with Crippen molar-refractivity contribution in [1.82, 2.24) is 9.78 Å². The van der Waals surface area contributed by atoms with Gasteiger partial charge < -0.3 is 15.6 Å². The number of methoxy groups -OCH3 is 1. The van der Waals surface area contributed by atoms with Crippen LogP contribution < -0.4 is 10.5 Å². The molecule has 0 aliphatic rings. The normalized spacial score (nSPS) is 10.7. The Morgan fingerprint density at radius 2 is 2.21 bits per heavy atom. The lowest BCUT2D eigenvalue weighted by atomic mass is 10.1. The molecule has 6 heteroatoms. The van der Waals surface area contributed by atoms with Gasteiger partial charge in [0.15, 0.2) is 11.6 Å². The Morgan fingerprint density at radius 3 is 2.84 bits per heavy atom. The molecule has 1 aromatic heterocycles. The lowest BCUT2D eigenvalue weighted by Crippen LogP contribution is -2.07. The van der Waals surface area contributed by atoms with Crippen LogP contribution in [-0.2, 0) is 13.0 Å². The first kappa shape index (κ1) is 13.4. The van der Waals surface area contributed by atoms with E-state index in [1.54, 1.807) is 18.2 Å². The maximum Gasteiger partial charge on any atom is 0.165 e. The van der Waals surface area contributed by atoms with Crippen molar-refractivity contribution in [1.29, 1.82) is 0 Å². The average molecular weight is 265 g/mol. The highest BCUT2D eigenvalue weighted by Gasteiger charge is 2.08. The van der Waals surface area contributed by atoms with Gasteiger partial charge in [-0.15, -0.1) is 0 Å². The van der Waals surface area contributed by atoms with Crippen molar-refractivity contribution < 1.29 is 14.2 Å². The zero-order valence-electron chi connectivity index (χ0n) is 10.6. The van der Waals surface area contributed by atoms with E-state index >= 15 is 0 Å². The van der Waals surface area contributed by atoms with E-state index in [1.165, 1.54) is 17.9 Å². The molecule has 1 heterocycles. The number of anilines is 1. The average Bonchev–Trinajstić information content (AvgIpc) is 2.70. The summed E-state index contributed by atoms with van der Waals surface area (Å²) in [7, 11) is 1.43. The molecule has 19 heavy (non-hydrogen) atoms. The third kappa shape index (κ3) is 3.03. The molecule has 0 saturated carbocycles. The predicted octanol–water partition coefficient (Wildman–Crippen LogP) is 1.20. The molecule has 0 bridgehead atoms. The fourth-order valence-electron chi connectivity index (χ4n) is 1.88. The number of nitrogens with zero attached hydrogens (tertiary/aromatic N) is 2. The smallest absolute Gasteiger partial charge is 0.165 e. The first-order chi connectivity index (χ1) is 9.13. The minimum Gasteiger partial charge on any atom is -0.494 e. The van der Waals surface area contributed by atoms with E-state index < -0.39 is 5.82 Å². The van der Waals surface area contributed by atoms with Gasteiger partial charge in [0.2, 0.25) is 0 Å². The van der Waals surface area contributed by atoms with Crippen LogP contribution in [0.25, 0.3) is 0 Å². The van der Waals surface area contributed by atoms with E-state index in [9.17, 15) is 4.39 Å². The van der Waals surface area contributed by atoms with Gasteiger partial charge in [0.1, 0.15) is 5.82 Å². The Labute approximate surface area is 110 Å². The number of benzene rings is 1. The Kier molecular flexibility index (Phi) is 4.01. The zero-order chi connectivity index (χ0) is 13.8. The van der Waals surface area contributed by atoms with Crippen molar-refractivity contribution >= 4 is 5.82 Å². The van der Waals surface area contributed by atoms with E-state index in [0.717, 1.165) is 11.3 Å². The second kappa shape index (κ2) is 5.71. The van der Waals surface area contributed by atoms with Gasteiger partial charge in [-0.1, -0.05) is 6.07 Å². The molecule has 102 valence electrons. The number of hydrogen-bond donors (Lipinski definition) is 2. The molecule has 0 radical (unpaired) electrons.